The average molecular weight is 316 g/mol. The van der Waals surface area contributed by atoms with Crippen molar-refractivity contribution in [1.82, 2.24) is 10.6 Å². The van der Waals surface area contributed by atoms with Gasteiger partial charge in [0.1, 0.15) is 0 Å². The Balaban J connectivity index is 1.53. The first-order valence-electron chi connectivity index (χ1n) is 9.14. The molecule has 23 heavy (non-hydrogen) atoms. The lowest BCUT2D eigenvalue weighted by Gasteiger charge is -2.46. The molecule has 0 saturated carbocycles. The standard InChI is InChI=1S/C20H33N3/c1-14-10-16-11-15(6-7-18(16)22-14)8-9-21-17-12-19(2,3)23-20(4,5)13-17/h6-7,11,14,17,21-23H,8-10,12-13H2,1-5H3. The Morgan fingerprint density at radius 1 is 1.13 bits per heavy atom. The van der Waals surface area contributed by atoms with Crippen molar-refractivity contribution in [2.45, 2.75) is 83.5 Å². The van der Waals surface area contributed by atoms with Gasteiger partial charge in [0.2, 0.25) is 0 Å². The van der Waals surface area contributed by atoms with Crippen LogP contribution in [0.15, 0.2) is 18.2 Å². The fraction of sp³-hybridized carbons (Fsp3) is 0.700. The molecule has 1 aromatic carbocycles. The third-order valence-corrected chi connectivity index (χ3v) is 5.13. The van der Waals surface area contributed by atoms with Crippen LogP contribution < -0.4 is 16.0 Å². The van der Waals surface area contributed by atoms with Crippen molar-refractivity contribution in [2.24, 2.45) is 0 Å². The molecule has 3 heteroatoms. The predicted octanol–water partition coefficient (Wildman–Crippen LogP) is 3.48. The Kier molecular flexibility index (Phi) is 4.45. The molecule has 2 aliphatic rings. The Labute approximate surface area is 141 Å². The Morgan fingerprint density at radius 2 is 1.83 bits per heavy atom. The molecule has 3 N–H and O–H groups in total. The van der Waals surface area contributed by atoms with Crippen LogP contribution in [-0.2, 0) is 12.8 Å². The highest BCUT2D eigenvalue weighted by Gasteiger charge is 2.37. The van der Waals surface area contributed by atoms with E-state index in [1.54, 1.807) is 0 Å². The lowest BCUT2D eigenvalue weighted by atomic mass is 9.79. The number of hydrogen-bond acceptors (Lipinski definition) is 3. The summed E-state index contributed by atoms with van der Waals surface area (Å²) < 4.78 is 0. The van der Waals surface area contributed by atoms with Crippen LogP contribution in [0.1, 0.15) is 58.6 Å². The number of rotatable bonds is 4. The molecule has 1 saturated heterocycles. The minimum absolute atomic E-state index is 0.217. The molecule has 1 aromatic rings. The van der Waals surface area contributed by atoms with Crippen LogP contribution in [0.5, 0.6) is 0 Å². The zero-order valence-corrected chi connectivity index (χ0v) is 15.4. The largest absolute Gasteiger partial charge is 0.382 e. The van der Waals surface area contributed by atoms with Gasteiger partial charge in [-0.15, -0.1) is 0 Å². The summed E-state index contributed by atoms with van der Waals surface area (Å²) in [6.45, 7) is 12.6. The molecule has 1 atom stereocenters. The maximum Gasteiger partial charge on any atom is 0.0375 e. The molecule has 1 fully saturated rings. The van der Waals surface area contributed by atoms with Crippen molar-refractivity contribution in [2.75, 3.05) is 11.9 Å². The second kappa shape index (κ2) is 6.10. The van der Waals surface area contributed by atoms with Crippen LogP contribution in [0.2, 0.25) is 0 Å². The molecule has 0 spiro atoms. The van der Waals surface area contributed by atoms with Gasteiger partial charge in [0, 0.05) is 28.8 Å². The summed E-state index contributed by atoms with van der Waals surface area (Å²) in [6.07, 6.45) is 4.67. The van der Waals surface area contributed by atoms with E-state index in [4.69, 9.17) is 0 Å². The summed E-state index contributed by atoms with van der Waals surface area (Å²) in [5, 5.41) is 11.1. The van der Waals surface area contributed by atoms with E-state index in [9.17, 15) is 0 Å². The Hall–Kier alpha value is -1.06. The van der Waals surface area contributed by atoms with Crippen LogP contribution in [-0.4, -0.2) is 29.7 Å². The summed E-state index contributed by atoms with van der Waals surface area (Å²) in [6, 6.07) is 8.12. The number of piperidine rings is 1. The lowest BCUT2D eigenvalue weighted by Crippen LogP contribution is -2.61. The molecular weight excluding hydrogens is 282 g/mol. The van der Waals surface area contributed by atoms with Crippen LogP contribution in [0, 0.1) is 0 Å². The molecule has 0 aromatic heterocycles. The number of fused-ring (bicyclic) bond motifs is 1. The number of hydrogen-bond donors (Lipinski definition) is 3. The highest BCUT2D eigenvalue weighted by atomic mass is 15.1. The van der Waals surface area contributed by atoms with Gasteiger partial charge in [-0.3, -0.25) is 0 Å². The van der Waals surface area contributed by atoms with E-state index in [1.807, 2.05) is 0 Å². The number of benzene rings is 1. The fourth-order valence-corrected chi connectivity index (χ4v) is 4.65. The minimum Gasteiger partial charge on any atom is -0.382 e. The van der Waals surface area contributed by atoms with Gasteiger partial charge in [-0.25, -0.2) is 0 Å². The van der Waals surface area contributed by atoms with Gasteiger partial charge >= 0.3 is 0 Å². The first kappa shape index (κ1) is 16.8. The summed E-state index contributed by atoms with van der Waals surface area (Å²) in [4.78, 5) is 0. The van der Waals surface area contributed by atoms with Gasteiger partial charge in [0.25, 0.3) is 0 Å². The quantitative estimate of drug-likeness (QED) is 0.796. The first-order chi connectivity index (χ1) is 10.7. The molecule has 2 heterocycles. The van der Waals surface area contributed by atoms with E-state index in [0.29, 0.717) is 12.1 Å². The molecule has 0 radical (unpaired) electrons. The number of nitrogens with one attached hydrogen (secondary N) is 3. The zero-order chi connectivity index (χ0) is 16.7. The third kappa shape index (κ3) is 4.27. The molecule has 3 rings (SSSR count). The van der Waals surface area contributed by atoms with Gasteiger partial charge in [-0.2, -0.15) is 0 Å². The van der Waals surface area contributed by atoms with E-state index < -0.39 is 0 Å². The first-order valence-corrected chi connectivity index (χ1v) is 9.14. The van der Waals surface area contributed by atoms with Crippen molar-refractivity contribution < 1.29 is 0 Å². The second-order valence-corrected chi connectivity index (χ2v) is 8.94. The van der Waals surface area contributed by atoms with Crippen LogP contribution >= 0.6 is 0 Å². The second-order valence-electron chi connectivity index (χ2n) is 8.94. The Morgan fingerprint density at radius 3 is 2.52 bits per heavy atom. The fourth-order valence-electron chi connectivity index (χ4n) is 4.65. The van der Waals surface area contributed by atoms with E-state index in [0.717, 1.165) is 19.4 Å². The molecule has 1 unspecified atom stereocenters. The highest BCUT2D eigenvalue weighted by Crippen LogP contribution is 2.29. The topological polar surface area (TPSA) is 36.1 Å². The SMILES string of the molecule is CC1Cc2cc(CCNC3CC(C)(C)NC(C)(C)C3)ccc2N1. The highest BCUT2D eigenvalue weighted by molar-refractivity contribution is 5.57. The predicted molar refractivity (Wildman–Crippen MR) is 99.3 cm³/mol. The average Bonchev–Trinajstić information content (AvgIpc) is 2.74. The van der Waals surface area contributed by atoms with Gasteiger partial charge in [-0.1, -0.05) is 12.1 Å². The van der Waals surface area contributed by atoms with Gasteiger partial charge in [0.05, 0.1) is 0 Å². The molecule has 0 amide bonds. The summed E-state index contributed by atoms with van der Waals surface area (Å²) >= 11 is 0. The van der Waals surface area contributed by atoms with Crippen molar-refractivity contribution in [1.29, 1.82) is 0 Å². The van der Waals surface area contributed by atoms with E-state index in [-0.39, 0.29) is 11.1 Å². The van der Waals surface area contributed by atoms with Crippen LogP contribution in [0.4, 0.5) is 5.69 Å². The maximum absolute atomic E-state index is 3.80. The van der Waals surface area contributed by atoms with E-state index in [2.05, 4.69) is 68.8 Å². The van der Waals surface area contributed by atoms with Crippen molar-refractivity contribution in [3.63, 3.8) is 0 Å². The third-order valence-electron chi connectivity index (χ3n) is 5.13. The van der Waals surface area contributed by atoms with Gasteiger partial charge < -0.3 is 16.0 Å². The van der Waals surface area contributed by atoms with Crippen LogP contribution in [0.25, 0.3) is 0 Å². The van der Waals surface area contributed by atoms with E-state index in [1.165, 1.54) is 29.7 Å². The molecule has 3 nitrogen and oxygen atoms in total. The zero-order valence-electron chi connectivity index (χ0n) is 15.4. The molecule has 0 bridgehead atoms. The van der Waals surface area contributed by atoms with Crippen molar-refractivity contribution in [3.05, 3.63) is 29.3 Å². The molecule has 0 aliphatic carbocycles. The summed E-state index contributed by atoms with van der Waals surface area (Å²) in [7, 11) is 0. The monoisotopic (exact) mass is 315 g/mol. The maximum atomic E-state index is 3.80. The van der Waals surface area contributed by atoms with Crippen LogP contribution in [0.3, 0.4) is 0 Å². The number of anilines is 1. The minimum atomic E-state index is 0.217. The summed E-state index contributed by atoms with van der Waals surface area (Å²) in [5.74, 6) is 0. The molecular formula is C20H33N3. The molecule has 2 aliphatic heterocycles. The molecule has 128 valence electrons. The van der Waals surface area contributed by atoms with Crippen molar-refractivity contribution in [3.8, 4) is 0 Å². The summed E-state index contributed by atoms with van der Waals surface area (Å²) in [5.41, 5.74) is 4.71. The lowest BCUT2D eigenvalue weighted by molar-refractivity contribution is 0.147. The van der Waals surface area contributed by atoms with Gasteiger partial charge in [0.15, 0.2) is 0 Å². The normalized spacial score (nSPS) is 25.9. The smallest absolute Gasteiger partial charge is 0.0375 e. The van der Waals surface area contributed by atoms with E-state index >= 15 is 0 Å². The van der Waals surface area contributed by atoms with Crippen molar-refractivity contribution >= 4 is 5.69 Å². The van der Waals surface area contributed by atoms with Gasteiger partial charge in [-0.05, 0) is 84.0 Å². The Bertz CT molecular complexity index is 546.